The Morgan fingerprint density at radius 2 is 1.70 bits per heavy atom. The van der Waals surface area contributed by atoms with Crippen molar-refractivity contribution in [3.63, 3.8) is 0 Å². The van der Waals surface area contributed by atoms with E-state index >= 15 is 0 Å². The van der Waals surface area contributed by atoms with Crippen molar-refractivity contribution >= 4 is 11.5 Å². The van der Waals surface area contributed by atoms with Crippen LogP contribution >= 0.6 is 0 Å². The predicted octanol–water partition coefficient (Wildman–Crippen LogP) is 4.83. The number of hydrogen-bond donors (Lipinski definition) is 0. The number of nitrogens with zero attached hydrogens (tertiary/aromatic N) is 1. The van der Waals surface area contributed by atoms with Gasteiger partial charge >= 0.3 is 0 Å². The van der Waals surface area contributed by atoms with Crippen molar-refractivity contribution in [1.82, 2.24) is 0 Å². The van der Waals surface area contributed by atoms with Crippen molar-refractivity contribution in [2.24, 2.45) is 0 Å². The lowest BCUT2D eigenvalue weighted by Gasteiger charge is -2.40. The first-order valence-electron chi connectivity index (χ1n) is 9.79. The van der Waals surface area contributed by atoms with Crippen molar-refractivity contribution in [1.29, 1.82) is 0 Å². The molecule has 0 aliphatic carbocycles. The number of rotatable bonds is 9. The van der Waals surface area contributed by atoms with Crippen LogP contribution in [0.3, 0.4) is 0 Å². The summed E-state index contributed by atoms with van der Waals surface area (Å²) in [5.41, 5.74) is 2.38. The van der Waals surface area contributed by atoms with Crippen LogP contribution in [0, 0.1) is 0 Å². The molecular formula is C23H29NO3. The highest BCUT2D eigenvalue weighted by Gasteiger charge is 2.28. The first-order chi connectivity index (χ1) is 13.0. The molecular weight excluding hydrogens is 338 g/mol. The lowest BCUT2D eigenvalue weighted by Crippen LogP contribution is -2.54. The predicted molar refractivity (Wildman–Crippen MR) is 109 cm³/mol. The quantitative estimate of drug-likeness (QED) is 0.637. The van der Waals surface area contributed by atoms with E-state index < -0.39 is 0 Å². The van der Waals surface area contributed by atoms with Gasteiger partial charge in [-0.1, -0.05) is 26.0 Å². The Balaban J connectivity index is 1.46. The Bertz CT molecular complexity index is 733. The highest BCUT2D eigenvalue weighted by Crippen LogP contribution is 2.27. The fourth-order valence-electron chi connectivity index (χ4n) is 3.31. The number of benzene rings is 2. The maximum atomic E-state index is 11.3. The van der Waals surface area contributed by atoms with Gasteiger partial charge in [-0.25, -0.2) is 0 Å². The molecule has 0 radical (unpaired) electrons. The topological polar surface area (TPSA) is 38.8 Å². The second kappa shape index (κ2) is 8.94. The van der Waals surface area contributed by atoms with Gasteiger partial charge in [-0.3, -0.25) is 0 Å². The molecule has 0 amide bonds. The van der Waals surface area contributed by atoms with Crippen LogP contribution in [0.2, 0.25) is 0 Å². The van der Waals surface area contributed by atoms with E-state index in [-0.39, 0.29) is 17.8 Å². The minimum Gasteiger partial charge on any atom is -0.494 e. The summed E-state index contributed by atoms with van der Waals surface area (Å²) < 4.78 is 11.7. The summed E-state index contributed by atoms with van der Waals surface area (Å²) in [6.07, 6.45) is 1.81. The van der Waals surface area contributed by atoms with Gasteiger partial charge in [0.2, 0.25) is 0 Å². The van der Waals surface area contributed by atoms with Gasteiger partial charge in [0.1, 0.15) is 23.4 Å². The fraction of sp³-hybridized carbons (Fsp3) is 0.435. The molecule has 4 nitrogen and oxygen atoms in total. The lowest BCUT2D eigenvalue weighted by atomic mass is 9.96. The van der Waals surface area contributed by atoms with Crippen LogP contribution < -0.4 is 14.4 Å². The van der Waals surface area contributed by atoms with E-state index in [9.17, 15) is 4.79 Å². The van der Waals surface area contributed by atoms with Crippen LogP contribution in [0.1, 0.15) is 45.1 Å². The highest BCUT2D eigenvalue weighted by molar-refractivity contribution is 5.76. The van der Waals surface area contributed by atoms with Gasteiger partial charge < -0.3 is 19.2 Å². The molecule has 2 aromatic carbocycles. The number of anilines is 1. The number of ether oxygens (including phenoxy) is 2. The molecule has 1 saturated heterocycles. The molecule has 0 saturated carbocycles. The van der Waals surface area contributed by atoms with E-state index in [2.05, 4.69) is 43.0 Å². The standard InChI is InChI=1S/C23H29NO3/c1-4-13-26-21-11-7-20(8-12-21)24-15-23(16-24)27-22-9-5-19(6-10-22)17(2)14-18(3)25/h5-12,17,23H,4,13-16H2,1-3H3/t17-/m1/s1. The van der Waals surface area contributed by atoms with Gasteiger partial charge in [0.15, 0.2) is 0 Å². The first-order valence-corrected chi connectivity index (χ1v) is 9.79. The van der Waals surface area contributed by atoms with E-state index in [0.29, 0.717) is 6.42 Å². The minimum absolute atomic E-state index is 0.210. The maximum absolute atomic E-state index is 11.3. The van der Waals surface area contributed by atoms with Gasteiger partial charge in [0.25, 0.3) is 0 Å². The number of carbonyl (C=O) groups is 1. The summed E-state index contributed by atoms with van der Waals surface area (Å²) in [6.45, 7) is 8.36. The number of Topliss-reactive ketones (excluding diaryl/α,β-unsaturated/α-hetero) is 1. The number of hydrogen-bond acceptors (Lipinski definition) is 4. The number of carbonyl (C=O) groups excluding carboxylic acids is 1. The van der Waals surface area contributed by atoms with Gasteiger partial charge in [-0.15, -0.1) is 0 Å². The van der Waals surface area contributed by atoms with E-state index in [1.165, 1.54) is 11.3 Å². The second-order valence-electron chi connectivity index (χ2n) is 7.36. The molecule has 0 bridgehead atoms. The van der Waals surface area contributed by atoms with Crippen LogP contribution in [0.25, 0.3) is 0 Å². The monoisotopic (exact) mass is 367 g/mol. The van der Waals surface area contributed by atoms with Gasteiger partial charge in [0, 0.05) is 12.1 Å². The zero-order valence-corrected chi connectivity index (χ0v) is 16.5. The molecule has 144 valence electrons. The largest absolute Gasteiger partial charge is 0.494 e. The van der Waals surface area contributed by atoms with Crippen LogP contribution in [0.5, 0.6) is 11.5 Å². The fourth-order valence-corrected chi connectivity index (χ4v) is 3.31. The zero-order chi connectivity index (χ0) is 19.2. The van der Waals surface area contributed by atoms with E-state index in [1.807, 2.05) is 24.3 Å². The molecule has 4 heteroatoms. The highest BCUT2D eigenvalue weighted by atomic mass is 16.5. The summed E-state index contributed by atoms with van der Waals surface area (Å²) in [6, 6.07) is 16.4. The molecule has 1 fully saturated rings. The molecule has 0 N–H and O–H groups in total. The molecule has 1 aliphatic rings. The Morgan fingerprint density at radius 1 is 1.07 bits per heavy atom. The van der Waals surface area contributed by atoms with Crippen molar-refractivity contribution in [2.75, 3.05) is 24.6 Å². The van der Waals surface area contributed by atoms with Crippen LogP contribution in [-0.4, -0.2) is 31.6 Å². The molecule has 0 unspecified atom stereocenters. The van der Waals surface area contributed by atoms with Gasteiger partial charge in [0.05, 0.1) is 19.7 Å². The van der Waals surface area contributed by atoms with Crippen LogP contribution in [0.4, 0.5) is 5.69 Å². The smallest absolute Gasteiger partial charge is 0.133 e. The summed E-state index contributed by atoms with van der Waals surface area (Å²) in [7, 11) is 0. The van der Waals surface area contributed by atoms with Crippen molar-refractivity contribution < 1.29 is 14.3 Å². The molecule has 3 rings (SSSR count). The van der Waals surface area contributed by atoms with Crippen molar-refractivity contribution in [3.8, 4) is 11.5 Å². The van der Waals surface area contributed by atoms with Crippen LogP contribution in [0.15, 0.2) is 48.5 Å². The summed E-state index contributed by atoms with van der Waals surface area (Å²) in [5.74, 6) is 2.29. The zero-order valence-electron chi connectivity index (χ0n) is 16.5. The maximum Gasteiger partial charge on any atom is 0.133 e. The van der Waals surface area contributed by atoms with Crippen molar-refractivity contribution in [2.45, 2.75) is 45.6 Å². The minimum atomic E-state index is 0.210. The first kappa shape index (κ1) is 19.3. The summed E-state index contributed by atoms with van der Waals surface area (Å²) in [4.78, 5) is 13.6. The second-order valence-corrected chi connectivity index (χ2v) is 7.36. The average Bonchev–Trinajstić information content (AvgIpc) is 2.63. The number of ketones is 1. The Labute approximate surface area is 162 Å². The summed E-state index contributed by atoms with van der Waals surface area (Å²) in [5, 5.41) is 0. The molecule has 1 atom stereocenters. The third kappa shape index (κ3) is 5.25. The van der Waals surface area contributed by atoms with Crippen LogP contribution in [-0.2, 0) is 4.79 Å². The molecule has 2 aromatic rings. The molecule has 0 spiro atoms. The Hall–Kier alpha value is -2.49. The average molecular weight is 367 g/mol. The molecule has 27 heavy (non-hydrogen) atoms. The Morgan fingerprint density at radius 3 is 2.30 bits per heavy atom. The van der Waals surface area contributed by atoms with E-state index in [4.69, 9.17) is 9.47 Å². The third-order valence-corrected chi connectivity index (χ3v) is 4.87. The van der Waals surface area contributed by atoms with Gasteiger partial charge in [-0.2, -0.15) is 0 Å². The van der Waals surface area contributed by atoms with Crippen molar-refractivity contribution in [3.05, 3.63) is 54.1 Å². The van der Waals surface area contributed by atoms with Gasteiger partial charge in [-0.05, 0) is 61.2 Å². The van der Waals surface area contributed by atoms with E-state index in [0.717, 1.165) is 37.6 Å². The SMILES string of the molecule is CCCOc1ccc(N2CC(Oc3ccc([C@H](C)CC(C)=O)cc3)C2)cc1. The third-order valence-electron chi connectivity index (χ3n) is 4.87. The molecule has 1 heterocycles. The Kier molecular flexibility index (Phi) is 6.38. The molecule has 0 aromatic heterocycles. The normalized spacial score (nSPS) is 15.1. The summed E-state index contributed by atoms with van der Waals surface area (Å²) >= 11 is 0. The van der Waals surface area contributed by atoms with E-state index in [1.54, 1.807) is 6.92 Å². The molecule has 1 aliphatic heterocycles. The lowest BCUT2D eigenvalue weighted by molar-refractivity contribution is -0.117.